The smallest absolute Gasteiger partial charge is 0.317 e. The van der Waals surface area contributed by atoms with Crippen molar-refractivity contribution >= 4 is 11.9 Å². The number of carbonyl (C=O) groups is 2. The predicted molar refractivity (Wildman–Crippen MR) is 29.2 cm³/mol. The molecular formula is C5H7FO4. The minimum Gasteiger partial charge on any atom is -0.481 e. The average Bonchev–Trinajstić information content (AvgIpc) is 1.82. The highest BCUT2D eigenvalue weighted by Gasteiger charge is 2.07. The van der Waals surface area contributed by atoms with Gasteiger partial charge in [-0.15, -0.1) is 0 Å². The normalized spacial score (nSPS) is 8.90. The summed E-state index contributed by atoms with van der Waals surface area (Å²) in [5, 5.41) is 7.99. The van der Waals surface area contributed by atoms with Crippen LogP contribution in [-0.2, 0) is 14.3 Å². The van der Waals surface area contributed by atoms with Crippen molar-refractivity contribution < 1.29 is 23.8 Å². The molecule has 0 bridgehead atoms. The third kappa shape index (κ3) is 5.02. The van der Waals surface area contributed by atoms with Crippen LogP contribution < -0.4 is 0 Å². The molecule has 0 heterocycles. The largest absolute Gasteiger partial charge is 0.481 e. The van der Waals surface area contributed by atoms with Gasteiger partial charge >= 0.3 is 11.9 Å². The number of esters is 1. The first-order valence-corrected chi connectivity index (χ1v) is 2.60. The Labute approximate surface area is 56.6 Å². The Bertz CT molecular complexity index is 134. The topological polar surface area (TPSA) is 63.6 Å². The number of hydrogen-bond donors (Lipinski definition) is 1. The van der Waals surface area contributed by atoms with Crippen LogP contribution in [0.2, 0.25) is 0 Å². The maximum atomic E-state index is 11.3. The lowest BCUT2D eigenvalue weighted by atomic mass is 10.4. The van der Waals surface area contributed by atoms with Crippen molar-refractivity contribution in [1.82, 2.24) is 0 Å². The fourth-order valence-electron chi connectivity index (χ4n) is 0.327. The second-order valence-electron chi connectivity index (χ2n) is 1.48. The molecule has 0 aromatic carbocycles. The fourth-order valence-corrected chi connectivity index (χ4v) is 0.327. The summed E-state index contributed by atoms with van der Waals surface area (Å²) in [5.74, 6) is -2.19. The second kappa shape index (κ2) is 4.72. The molecule has 0 radical (unpaired) electrons. The molecule has 0 aliphatic heterocycles. The highest BCUT2D eigenvalue weighted by atomic mass is 19.1. The number of hydrogen-bond acceptors (Lipinski definition) is 3. The molecule has 0 aliphatic carbocycles. The molecule has 0 aromatic rings. The minimum atomic E-state index is -1.27. The Balaban J connectivity index is 3.35. The van der Waals surface area contributed by atoms with Crippen LogP contribution in [-0.4, -0.2) is 30.3 Å². The molecule has 0 saturated carbocycles. The van der Waals surface area contributed by atoms with Gasteiger partial charge < -0.3 is 9.84 Å². The number of alkyl halides is 1. The Hall–Kier alpha value is -1.13. The van der Waals surface area contributed by atoms with Gasteiger partial charge in [-0.2, -0.15) is 0 Å². The lowest BCUT2D eigenvalue weighted by molar-refractivity contribution is -0.151. The molecule has 58 valence electrons. The molecule has 0 atom stereocenters. The van der Waals surface area contributed by atoms with Crippen LogP contribution in [0.4, 0.5) is 4.39 Å². The van der Waals surface area contributed by atoms with Crippen molar-refractivity contribution in [3.8, 4) is 0 Å². The van der Waals surface area contributed by atoms with Gasteiger partial charge in [-0.25, -0.2) is 4.39 Å². The van der Waals surface area contributed by atoms with Gasteiger partial charge in [-0.05, 0) is 0 Å². The average molecular weight is 150 g/mol. The van der Waals surface area contributed by atoms with E-state index in [9.17, 15) is 14.0 Å². The summed E-state index contributed by atoms with van der Waals surface area (Å²) < 4.78 is 15.4. The molecule has 0 aliphatic rings. The molecule has 5 heteroatoms. The van der Waals surface area contributed by atoms with E-state index in [-0.39, 0.29) is 6.61 Å². The zero-order valence-corrected chi connectivity index (χ0v) is 5.17. The van der Waals surface area contributed by atoms with Crippen LogP contribution in [0.15, 0.2) is 0 Å². The standard InChI is InChI=1S/C5H7FO4/c6-1-2-10-5(9)3-4(7)8/h1-3H2,(H,7,8). The van der Waals surface area contributed by atoms with Gasteiger partial charge in [-0.1, -0.05) is 0 Å². The number of carbonyl (C=O) groups excluding carboxylic acids is 1. The lowest BCUT2D eigenvalue weighted by Crippen LogP contribution is -2.11. The van der Waals surface area contributed by atoms with Crippen molar-refractivity contribution in [3.05, 3.63) is 0 Å². The Kier molecular flexibility index (Phi) is 4.19. The summed E-state index contributed by atoms with van der Waals surface area (Å²) in [6.45, 7) is -1.16. The summed E-state index contributed by atoms with van der Waals surface area (Å²) in [4.78, 5) is 20.0. The van der Waals surface area contributed by atoms with E-state index in [0.717, 1.165) is 0 Å². The molecule has 0 aromatic heterocycles. The molecule has 1 N–H and O–H groups in total. The number of halogens is 1. The summed E-state index contributed by atoms with van der Waals surface area (Å²) in [7, 11) is 0. The van der Waals surface area contributed by atoms with E-state index in [2.05, 4.69) is 4.74 Å². The van der Waals surface area contributed by atoms with Crippen molar-refractivity contribution in [3.63, 3.8) is 0 Å². The molecule has 0 saturated heterocycles. The first-order valence-electron chi connectivity index (χ1n) is 2.60. The molecule has 0 unspecified atom stereocenters. The summed E-state index contributed by atoms with van der Waals surface area (Å²) >= 11 is 0. The van der Waals surface area contributed by atoms with Gasteiger partial charge in [0, 0.05) is 0 Å². The molecule has 4 nitrogen and oxygen atoms in total. The van der Waals surface area contributed by atoms with E-state index in [4.69, 9.17) is 5.11 Å². The van der Waals surface area contributed by atoms with E-state index in [1.165, 1.54) is 0 Å². The Morgan fingerprint density at radius 2 is 2.10 bits per heavy atom. The number of aliphatic carboxylic acids is 1. The van der Waals surface area contributed by atoms with Crippen LogP contribution in [0.5, 0.6) is 0 Å². The van der Waals surface area contributed by atoms with E-state index < -0.39 is 25.0 Å². The monoisotopic (exact) mass is 150 g/mol. The molecular weight excluding hydrogens is 143 g/mol. The van der Waals surface area contributed by atoms with Crippen LogP contribution in [0.25, 0.3) is 0 Å². The van der Waals surface area contributed by atoms with Gasteiger partial charge in [0.05, 0.1) is 0 Å². The lowest BCUT2D eigenvalue weighted by Gasteiger charge is -1.96. The molecule has 0 spiro atoms. The van der Waals surface area contributed by atoms with E-state index in [1.807, 2.05) is 0 Å². The number of carboxylic acids is 1. The summed E-state index contributed by atoms with van der Waals surface area (Å²) in [6, 6.07) is 0. The number of rotatable bonds is 4. The zero-order valence-electron chi connectivity index (χ0n) is 5.17. The number of ether oxygens (including phenoxy) is 1. The second-order valence-corrected chi connectivity index (χ2v) is 1.48. The van der Waals surface area contributed by atoms with E-state index >= 15 is 0 Å². The maximum Gasteiger partial charge on any atom is 0.317 e. The summed E-state index contributed by atoms with van der Waals surface area (Å²) in [5.41, 5.74) is 0. The van der Waals surface area contributed by atoms with Crippen LogP contribution in [0.1, 0.15) is 6.42 Å². The molecule has 0 amide bonds. The molecule has 10 heavy (non-hydrogen) atoms. The van der Waals surface area contributed by atoms with E-state index in [0.29, 0.717) is 0 Å². The van der Waals surface area contributed by atoms with Gasteiger partial charge in [0.1, 0.15) is 19.7 Å². The van der Waals surface area contributed by atoms with Crippen LogP contribution >= 0.6 is 0 Å². The SMILES string of the molecule is O=C(O)CC(=O)OCCF. The maximum absolute atomic E-state index is 11.3. The Morgan fingerprint density at radius 1 is 1.50 bits per heavy atom. The van der Waals surface area contributed by atoms with Gasteiger partial charge in [-0.3, -0.25) is 9.59 Å². The van der Waals surface area contributed by atoms with Crippen molar-refractivity contribution in [1.29, 1.82) is 0 Å². The zero-order chi connectivity index (χ0) is 7.98. The first kappa shape index (κ1) is 8.87. The fraction of sp³-hybridized carbons (Fsp3) is 0.600. The van der Waals surface area contributed by atoms with Crippen LogP contribution in [0, 0.1) is 0 Å². The quantitative estimate of drug-likeness (QED) is 0.451. The van der Waals surface area contributed by atoms with Gasteiger partial charge in [0.2, 0.25) is 0 Å². The van der Waals surface area contributed by atoms with Gasteiger partial charge in [0.15, 0.2) is 0 Å². The van der Waals surface area contributed by atoms with Crippen molar-refractivity contribution in [2.75, 3.05) is 13.3 Å². The molecule has 0 rings (SSSR count). The van der Waals surface area contributed by atoms with Crippen LogP contribution in [0.3, 0.4) is 0 Å². The summed E-state index contributed by atoms with van der Waals surface area (Å²) in [6.07, 6.45) is -0.708. The Morgan fingerprint density at radius 3 is 2.50 bits per heavy atom. The highest BCUT2D eigenvalue weighted by molar-refractivity contribution is 5.90. The van der Waals surface area contributed by atoms with Crippen molar-refractivity contribution in [2.24, 2.45) is 0 Å². The third-order valence-electron chi connectivity index (χ3n) is 0.636. The minimum absolute atomic E-state index is 0.369. The van der Waals surface area contributed by atoms with Crippen molar-refractivity contribution in [2.45, 2.75) is 6.42 Å². The predicted octanol–water partition coefficient (Wildman–Crippen LogP) is -0.0262. The number of carboxylic acid groups (broad SMARTS) is 1. The molecule has 0 fully saturated rings. The third-order valence-corrected chi connectivity index (χ3v) is 0.636. The van der Waals surface area contributed by atoms with Gasteiger partial charge in [0.25, 0.3) is 0 Å². The van der Waals surface area contributed by atoms with E-state index in [1.54, 1.807) is 0 Å². The highest BCUT2D eigenvalue weighted by Crippen LogP contribution is 1.85. The first-order chi connectivity index (χ1) is 4.66.